The standard InChI is InChI=1S/C21H29N5O2/c1-2-28-21(27)25-16-7-8-17(25)14-18(13-16)24-11-9-15(10-12-24)26-20-6-4-3-5-19(20)22-23-26/h3-6,15-18H,2,7-14H2,1H3. The van der Waals surface area contributed by atoms with Crippen molar-refractivity contribution < 1.29 is 9.53 Å². The second kappa shape index (κ2) is 7.35. The van der Waals surface area contributed by atoms with Gasteiger partial charge >= 0.3 is 6.09 Å². The van der Waals surface area contributed by atoms with Crippen molar-refractivity contribution in [1.82, 2.24) is 24.8 Å². The van der Waals surface area contributed by atoms with E-state index in [0.29, 0.717) is 30.8 Å². The summed E-state index contributed by atoms with van der Waals surface area (Å²) in [6.45, 7) is 4.54. The van der Waals surface area contributed by atoms with Gasteiger partial charge in [0.2, 0.25) is 0 Å². The van der Waals surface area contributed by atoms with E-state index in [1.165, 1.54) is 0 Å². The first-order chi connectivity index (χ1) is 13.7. The quantitative estimate of drug-likeness (QED) is 0.814. The average molecular weight is 383 g/mol. The van der Waals surface area contributed by atoms with Crippen molar-refractivity contribution in [3.05, 3.63) is 24.3 Å². The van der Waals surface area contributed by atoms with Crippen LogP contribution in [0.1, 0.15) is 51.5 Å². The van der Waals surface area contributed by atoms with Crippen LogP contribution in [0.2, 0.25) is 0 Å². The maximum Gasteiger partial charge on any atom is 0.410 e. The summed E-state index contributed by atoms with van der Waals surface area (Å²) in [5.41, 5.74) is 2.12. The van der Waals surface area contributed by atoms with Crippen LogP contribution < -0.4 is 0 Å². The van der Waals surface area contributed by atoms with E-state index in [1.807, 2.05) is 24.0 Å². The maximum absolute atomic E-state index is 12.3. The lowest BCUT2D eigenvalue weighted by Crippen LogP contribution is -2.54. The number of nitrogens with zero attached hydrogens (tertiary/aromatic N) is 5. The minimum absolute atomic E-state index is 0.106. The van der Waals surface area contributed by atoms with Crippen molar-refractivity contribution in [1.29, 1.82) is 0 Å². The molecule has 3 aliphatic rings. The van der Waals surface area contributed by atoms with Crippen LogP contribution in [0.3, 0.4) is 0 Å². The zero-order valence-corrected chi connectivity index (χ0v) is 16.5. The fourth-order valence-electron chi connectivity index (χ4n) is 5.59. The first-order valence-corrected chi connectivity index (χ1v) is 10.7. The molecule has 7 nitrogen and oxygen atoms in total. The van der Waals surface area contributed by atoms with Crippen molar-refractivity contribution in [3.63, 3.8) is 0 Å². The molecule has 150 valence electrons. The summed E-state index contributed by atoms with van der Waals surface area (Å²) in [5, 5.41) is 8.75. The van der Waals surface area contributed by atoms with E-state index in [1.54, 1.807) is 0 Å². The van der Waals surface area contributed by atoms with Crippen LogP contribution in [0, 0.1) is 0 Å². The van der Waals surface area contributed by atoms with Crippen molar-refractivity contribution in [2.75, 3.05) is 19.7 Å². The fourth-order valence-corrected chi connectivity index (χ4v) is 5.59. The normalized spacial score (nSPS) is 28.8. The van der Waals surface area contributed by atoms with Crippen LogP contribution in [-0.2, 0) is 4.74 Å². The van der Waals surface area contributed by atoms with E-state index in [4.69, 9.17) is 4.74 Å². The van der Waals surface area contributed by atoms with Gasteiger partial charge in [-0.15, -0.1) is 5.10 Å². The number of hydrogen-bond donors (Lipinski definition) is 0. The predicted molar refractivity (Wildman–Crippen MR) is 106 cm³/mol. The smallest absolute Gasteiger partial charge is 0.410 e. The molecule has 5 rings (SSSR count). The van der Waals surface area contributed by atoms with Crippen molar-refractivity contribution >= 4 is 17.1 Å². The second-order valence-corrected chi connectivity index (χ2v) is 8.41. The van der Waals surface area contributed by atoms with Gasteiger partial charge in [0.15, 0.2) is 0 Å². The molecule has 0 saturated carbocycles. The third-order valence-corrected chi connectivity index (χ3v) is 6.93. The predicted octanol–water partition coefficient (Wildman–Crippen LogP) is 3.22. The zero-order chi connectivity index (χ0) is 19.1. The summed E-state index contributed by atoms with van der Waals surface area (Å²) in [7, 11) is 0. The van der Waals surface area contributed by atoms with Crippen LogP contribution in [0.15, 0.2) is 24.3 Å². The van der Waals surface area contributed by atoms with Crippen LogP contribution in [-0.4, -0.2) is 68.7 Å². The number of benzene rings is 1. The highest BCUT2D eigenvalue weighted by Gasteiger charge is 2.45. The minimum atomic E-state index is -0.106. The SMILES string of the molecule is CCOC(=O)N1C2CCC1CC(N1CCC(n3nnc4ccccc43)CC1)C2. The van der Waals surface area contributed by atoms with E-state index >= 15 is 0 Å². The molecule has 3 fully saturated rings. The highest BCUT2D eigenvalue weighted by Crippen LogP contribution is 2.39. The molecule has 3 aliphatic heterocycles. The maximum atomic E-state index is 12.3. The Hall–Kier alpha value is -2.15. The number of piperidine rings is 2. The zero-order valence-electron chi connectivity index (χ0n) is 16.5. The molecule has 7 heteroatoms. The second-order valence-electron chi connectivity index (χ2n) is 8.41. The first kappa shape index (κ1) is 17.9. The molecule has 0 radical (unpaired) electrons. The van der Waals surface area contributed by atoms with Crippen LogP contribution in [0.4, 0.5) is 4.79 Å². The molecule has 28 heavy (non-hydrogen) atoms. The van der Waals surface area contributed by atoms with E-state index in [-0.39, 0.29) is 6.09 Å². The largest absolute Gasteiger partial charge is 0.450 e. The van der Waals surface area contributed by atoms with Gasteiger partial charge in [0.25, 0.3) is 0 Å². The summed E-state index contributed by atoms with van der Waals surface area (Å²) < 4.78 is 7.42. The average Bonchev–Trinajstić information content (AvgIpc) is 3.27. The molecule has 0 spiro atoms. The van der Waals surface area contributed by atoms with E-state index in [2.05, 4.69) is 32.0 Å². The molecule has 1 amide bonds. The van der Waals surface area contributed by atoms with Gasteiger partial charge in [-0.05, 0) is 57.6 Å². The third kappa shape index (κ3) is 3.05. The molecule has 3 saturated heterocycles. The number of hydrogen-bond acceptors (Lipinski definition) is 5. The Labute approximate surface area is 165 Å². The number of fused-ring (bicyclic) bond motifs is 3. The molecule has 4 heterocycles. The molecule has 0 aliphatic carbocycles. The van der Waals surface area contributed by atoms with Gasteiger partial charge in [-0.3, -0.25) is 0 Å². The summed E-state index contributed by atoms with van der Waals surface area (Å²) in [6.07, 6.45) is 6.55. The Kier molecular flexibility index (Phi) is 4.70. The molecule has 2 aromatic rings. The van der Waals surface area contributed by atoms with E-state index < -0.39 is 0 Å². The molecular formula is C21H29N5O2. The molecule has 2 unspecified atom stereocenters. The fraction of sp³-hybridized carbons (Fsp3) is 0.667. The number of para-hydroxylation sites is 1. The number of ether oxygens (including phenoxy) is 1. The van der Waals surface area contributed by atoms with Crippen molar-refractivity contribution in [3.8, 4) is 0 Å². The van der Waals surface area contributed by atoms with E-state index in [0.717, 1.165) is 62.6 Å². The van der Waals surface area contributed by atoms with Crippen molar-refractivity contribution in [2.24, 2.45) is 0 Å². The Balaban J connectivity index is 1.22. The van der Waals surface area contributed by atoms with Gasteiger partial charge in [0, 0.05) is 31.2 Å². The monoisotopic (exact) mass is 383 g/mol. The molecule has 2 bridgehead atoms. The molecule has 2 atom stereocenters. The molecule has 0 N–H and O–H groups in total. The summed E-state index contributed by atoms with van der Waals surface area (Å²) in [6, 6.07) is 9.97. The molecule has 1 aromatic carbocycles. The van der Waals surface area contributed by atoms with Gasteiger partial charge in [-0.1, -0.05) is 17.3 Å². The Morgan fingerprint density at radius 1 is 1.04 bits per heavy atom. The molecule has 1 aromatic heterocycles. The number of carbonyl (C=O) groups is 1. The topological polar surface area (TPSA) is 63.5 Å². The highest BCUT2D eigenvalue weighted by atomic mass is 16.6. The van der Waals surface area contributed by atoms with E-state index in [9.17, 15) is 4.79 Å². The Bertz CT molecular complexity index is 830. The lowest BCUT2D eigenvalue weighted by Gasteiger charge is -2.44. The third-order valence-electron chi connectivity index (χ3n) is 6.93. The Morgan fingerprint density at radius 3 is 2.46 bits per heavy atom. The van der Waals surface area contributed by atoms with Crippen LogP contribution in [0.5, 0.6) is 0 Å². The summed E-state index contributed by atoms with van der Waals surface area (Å²) >= 11 is 0. The number of rotatable bonds is 3. The van der Waals surface area contributed by atoms with Gasteiger partial charge in [0.05, 0.1) is 18.2 Å². The number of aromatic nitrogens is 3. The van der Waals surface area contributed by atoms with Crippen LogP contribution in [0.25, 0.3) is 11.0 Å². The summed E-state index contributed by atoms with van der Waals surface area (Å²) in [4.78, 5) is 17.0. The number of carbonyl (C=O) groups excluding carboxylic acids is 1. The van der Waals surface area contributed by atoms with Gasteiger partial charge in [0.1, 0.15) is 5.52 Å². The van der Waals surface area contributed by atoms with Gasteiger partial charge < -0.3 is 14.5 Å². The number of amides is 1. The van der Waals surface area contributed by atoms with Crippen molar-refractivity contribution in [2.45, 2.75) is 69.6 Å². The van der Waals surface area contributed by atoms with Crippen LogP contribution >= 0.6 is 0 Å². The number of likely N-dealkylation sites (tertiary alicyclic amines) is 1. The first-order valence-electron chi connectivity index (χ1n) is 10.7. The van der Waals surface area contributed by atoms with Gasteiger partial charge in [-0.25, -0.2) is 9.48 Å². The highest BCUT2D eigenvalue weighted by molar-refractivity contribution is 5.74. The minimum Gasteiger partial charge on any atom is -0.450 e. The Morgan fingerprint density at radius 2 is 1.75 bits per heavy atom. The molecular weight excluding hydrogens is 354 g/mol. The van der Waals surface area contributed by atoms with Gasteiger partial charge in [-0.2, -0.15) is 0 Å². The lowest BCUT2D eigenvalue weighted by atomic mass is 9.93. The lowest BCUT2D eigenvalue weighted by molar-refractivity contribution is 0.0308. The summed E-state index contributed by atoms with van der Waals surface area (Å²) in [5.74, 6) is 0.